The van der Waals surface area contributed by atoms with Crippen molar-refractivity contribution in [3.8, 4) is 5.88 Å². The summed E-state index contributed by atoms with van der Waals surface area (Å²) in [6.07, 6.45) is -0.731. The van der Waals surface area contributed by atoms with Gasteiger partial charge in [0.15, 0.2) is 0 Å². The van der Waals surface area contributed by atoms with Crippen molar-refractivity contribution in [2.24, 2.45) is 0 Å². The van der Waals surface area contributed by atoms with Gasteiger partial charge < -0.3 is 9.47 Å². The Morgan fingerprint density at radius 1 is 1.29 bits per heavy atom. The van der Waals surface area contributed by atoms with Gasteiger partial charge in [0.1, 0.15) is 0 Å². The average Bonchev–Trinajstić information content (AvgIpc) is 2.99. The molecule has 0 unspecified atom stereocenters. The van der Waals surface area contributed by atoms with Gasteiger partial charge in [-0.25, -0.2) is 9.59 Å². The van der Waals surface area contributed by atoms with Crippen LogP contribution in [0.1, 0.15) is 17.3 Å². The fourth-order valence-electron chi connectivity index (χ4n) is 2.39. The molecule has 9 nitrogen and oxygen atoms in total. The third-order valence-corrected chi connectivity index (χ3v) is 4.43. The number of fused-ring (bicyclic) bond motifs is 1. The third-order valence-electron chi connectivity index (χ3n) is 3.62. The number of ether oxygens (including phenoxy) is 2. The second-order valence-electron chi connectivity index (χ2n) is 5.39. The number of hydrogen-bond acceptors (Lipinski definition) is 7. The molecule has 0 atom stereocenters. The predicted octanol–water partition coefficient (Wildman–Crippen LogP) is 4.58. The molecule has 0 fully saturated rings. The van der Waals surface area contributed by atoms with Crippen molar-refractivity contribution in [2.45, 2.75) is 6.92 Å². The molecule has 0 aliphatic rings. The van der Waals surface area contributed by atoms with Crippen molar-refractivity contribution in [2.75, 3.05) is 6.61 Å². The zero-order chi connectivity index (χ0) is 20.4. The Morgan fingerprint density at radius 2 is 2.04 bits per heavy atom. The average molecular weight is 469 g/mol. The Hall–Kier alpha value is -2.98. The summed E-state index contributed by atoms with van der Waals surface area (Å²) in [5.74, 6) is -1.01. The smallest absolute Gasteiger partial charge is 0.435 e. The largest absolute Gasteiger partial charge is 0.448 e. The Morgan fingerprint density at radius 3 is 2.68 bits per heavy atom. The Kier molecular flexibility index (Phi) is 5.61. The van der Waals surface area contributed by atoms with Gasteiger partial charge in [-0.15, -0.1) is 5.10 Å². The van der Waals surface area contributed by atoms with E-state index < -0.39 is 17.0 Å². The van der Waals surface area contributed by atoms with Crippen LogP contribution >= 0.6 is 27.5 Å². The van der Waals surface area contributed by atoms with E-state index in [1.807, 2.05) is 0 Å². The SMILES string of the molecule is CCOC(=O)n1nc(OC(=O)c2ccc([N+](=O)[O-])cc2Cl)c2cc(Br)ccc21. The molecule has 11 heteroatoms. The molecule has 3 aromatic rings. The van der Waals surface area contributed by atoms with Gasteiger partial charge in [0.05, 0.1) is 33.0 Å². The number of rotatable bonds is 4. The van der Waals surface area contributed by atoms with E-state index in [4.69, 9.17) is 21.1 Å². The third kappa shape index (κ3) is 3.82. The summed E-state index contributed by atoms with van der Waals surface area (Å²) in [4.78, 5) is 34.8. The summed E-state index contributed by atoms with van der Waals surface area (Å²) in [6, 6.07) is 8.29. The fourth-order valence-corrected chi connectivity index (χ4v) is 3.00. The van der Waals surface area contributed by atoms with Gasteiger partial charge in [0, 0.05) is 16.6 Å². The molecule has 0 bridgehead atoms. The van der Waals surface area contributed by atoms with Crippen molar-refractivity contribution in [1.82, 2.24) is 9.78 Å². The highest BCUT2D eigenvalue weighted by atomic mass is 79.9. The van der Waals surface area contributed by atoms with Crippen molar-refractivity contribution in [3.05, 3.63) is 61.6 Å². The van der Waals surface area contributed by atoms with E-state index in [1.165, 1.54) is 6.07 Å². The summed E-state index contributed by atoms with van der Waals surface area (Å²) in [7, 11) is 0. The zero-order valence-corrected chi connectivity index (χ0v) is 16.6. The van der Waals surface area contributed by atoms with E-state index in [1.54, 1.807) is 25.1 Å². The number of nitro benzene ring substituents is 1. The topological polar surface area (TPSA) is 114 Å². The van der Waals surface area contributed by atoms with E-state index in [9.17, 15) is 19.7 Å². The van der Waals surface area contributed by atoms with Gasteiger partial charge in [-0.2, -0.15) is 4.68 Å². The lowest BCUT2D eigenvalue weighted by molar-refractivity contribution is -0.384. The van der Waals surface area contributed by atoms with Crippen LogP contribution in [0, 0.1) is 10.1 Å². The van der Waals surface area contributed by atoms with Gasteiger partial charge in [0.2, 0.25) is 5.88 Å². The number of carbonyl (C=O) groups excluding carboxylic acids is 2. The molecule has 0 aliphatic carbocycles. The van der Waals surface area contributed by atoms with Crippen LogP contribution in [0.2, 0.25) is 5.02 Å². The number of carbonyl (C=O) groups is 2. The Bertz CT molecular complexity index is 1110. The molecule has 0 amide bonds. The number of esters is 1. The molecule has 3 rings (SSSR count). The first-order valence-corrected chi connectivity index (χ1v) is 9.00. The fraction of sp³-hybridized carbons (Fsp3) is 0.118. The highest BCUT2D eigenvalue weighted by Gasteiger charge is 2.22. The number of non-ortho nitro benzene ring substituents is 1. The molecule has 0 aliphatic heterocycles. The predicted molar refractivity (Wildman–Crippen MR) is 103 cm³/mol. The van der Waals surface area contributed by atoms with Gasteiger partial charge in [-0.1, -0.05) is 27.5 Å². The number of aromatic nitrogens is 2. The molecule has 2 aromatic carbocycles. The molecule has 0 saturated carbocycles. The van der Waals surface area contributed by atoms with Crippen LogP contribution in [-0.4, -0.2) is 33.4 Å². The maximum absolute atomic E-state index is 12.5. The Labute approximate surface area is 171 Å². The molecule has 28 heavy (non-hydrogen) atoms. The molecule has 0 saturated heterocycles. The summed E-state index contributed by atoms with van der Waals surface area (Å²) < 4.78 is 11.9. The molecule has 1 heterocycles. The molecule has 0 N–H and O–H groups in total. The lowest BCUT2D eigenvalue weighted by Crippen LogP contribution is -2.15. The van der Waals surface area contributed by atoms with E-state index in [0.29, 0.717) is 15.4 Å². The molecular formula is C17H11BrClN3O6. The molecule has 0 radical (unpaired) electrons. The monoisotopic (exact) mass is 467 g/mol. The molecule has 0 spiro atoms. The van der Waals surface area contributed by atoms with Crippen molar-refractivity contribution in [3.63, 3.8) is 0 Å². The number of nitrogens with zero attached hydrogens (tertiary/aromatic N) is 3. The summed E-state index contributed by atoms with van der Waals surface area (Å²) in [5, 5.41) is 15.0. The van der Waals surface area contributed by atoms with E-state index >= 15 is 0 Å². The van der Waals surface area contributed by atoms with Crippen molar-refractivity contribution < 1.29 is 24.0 Å². The lowest BCUT2D eigenvalue weighted by Gasteiger charge is -2.04. The lowest BCUT2D eigenvalue weighted by atomic mass is 10.2. The number of halogens is 2. The summed E-state index contributed by atoms with van der Waals surface area (Å²) >= 11 is 9.27. The van der Waals surface area contributed by atoms with E-state index in [-0.39, 0.29) is 28.8 Å². The standard InChI is InChI=1S/C17H11BrClN3O6/c1-2-27-17(24)21-14-6-3-9(18)7-12(14)15(20-21)28-16(23)11-5-4-10(22(25)26)8-13(11)19/h3-8H,2H2,1H3. The minimum Gasteiger partial charge on any atom is -0.448 e. The highest BCUT2D eigenvalue weighted by molar-refractivity contribution is 9.10. The van der Waals surface area contributed by atoms with Gasteiger partial charge in [-0.05, 0) is 31.2 Å². The van der Waals surface area contributed by atoms with Crippen LogP contribution in [0.15, 0.2) is 40.9 Å². The van der Waals surface area contributed by atoms with Crippen molar-refractivity contribution >= 4 is 56.2 Å². The van der Waals surface area contributed by atoms with Gasteiger partial charge >= 0.3 is 12.1 Å². The molecular weight excluding hydrogens is 458 g/mol. The first-order valence-electron chi connectivity index (χ1n) is 7.83. The molecule has 1 aromatic heterocycles. The minimum absolute atomic E-state index is 0.0823. The quantitative estimate of drug-likeness (QED) is 0.313. The summed E-state index contributed by atoms with van der Waals surface area (Å²) in [6.45, 7) is 1.79. The van der Waals surface area contributed by atoms with E-state index in [2.05, 4.69) is 21.0 Å². The van der Waals surface area contributed by atoms with E-state index in [0.717, 1.165) is 16.8 Å². The second kappa shape index (κ2) is 7.95. The van der Waals surface area contributed by atoms with Gasteiger partial charge in [0.25, 0.3) is 5.69 Å². The first-order chi connectivity index (χ1) is 13.3. The number of nitro groups is 1. The van der Waals surface area contributed by atoms with Crippen LogP contribution in [0.5, 0.6) is 5.88 Å². The maximum Gasteiger partial charge on any atom is 0.435 e. The van der Waals surface area contributed by atoms with Crippen LogP contribution in [-0.2, 0) is 4.74 Å². The normalized spacial score (nSPS) is 10.7. The first kappa shape index (κ1) is 19.8. The molecule has 144 valence electrons. The highest BCUT2D eigenvalue weighted by Crippen LogP contribution is 2.30. The maximum atomic E-state index is 12.5. The summed E-state index contributed by atoms with van der Waals surface area (Å²) in [5.41, 5.74) is 0.0304. The van der Waals surface area contributed by atoms with Crippen LogP contribution in [0.3, 0.4) is 0 Å². The van der Waals surface area contributed by atoms with Gasteiger partial charge in [-0.3, -0.25) is 10.1 Å². The number of benzene rings is 2. The number of hydrogen-bond donors (Lipinski definition) is 0. The van der Waals surface area contributed by atoms with Crippen LogP contribution in [0.25, 0.3) is 10.9 Å². The van der Waals surface area contributed by atoms with Crippen LogP contribution < -0.4 is 4.74 Å². The van der Waals surface area contributed by atoms with Crippen molar-refractivity contribution in [1.29, 1.82) is 0 Å². The van der Waals surface area contributed by atoms with Crippen LogP contribution in [0.4, 0.5) is 10.5 Å². The minimum atomic E-state index is -0.879. The Balaban J connectivity index is 2.00. The zero-order valence-electron chi connectivity index (χ0n) is 14.2. The second-order valence-corrected chi connectivity index (χ2v) is 6.71.